The maximum absolute atomic E-state index is 12.7. The molecule has 6 nitrogen and oxygen atoms in total. The predicted molar refractivity (Wildman–Crippen MR) is 90.1 cm³/mol. The van der Waals surface area contributed by atoms with Gasteiger partial charge in [-0.15, -0.1) is 0 Å². The Morgan fingerprint density at radius 2 is 2.00 bits per heavy atom. The van der Waals surface area contributed by atoms with Gasteiger partial charge >= 0.3 is 0 Å². The summed E-state index contributed by atoms with van der Waals surface area (Å²) in [4.78, 5) is 32.6. The van der Waals surface area contributed by atoms with Crippen LogP contribution in [0.4, 0.5) is 0 Å². The van der Waals surface area contributed by atoms with Crippen molar-refractivity contribution in [3.05, 3.63) is 53.1 Å². The summed E-state index contributed by atoms with van der Waals surface area (Å²) in [5, 5.41) is 0.598. The van der Waals surface area contributed by atoms with E-state index in [4.69, 9.17) is 11.6 Å². The number of aryl methyl sites for hydroxylation is 1. The van der Waals surface area contributed by atoms with Crippen LogP contribution in [0.15, 0.2) is 36.7 Å². The summed E-state index contributed by atoms with van der Waals surface area (Å²) in [7, 11) is 1.87. The quantitative estimate of drug-likeness (QED) is 0.848. The number of amides is 2. The summed E-state index contributed by atoms with van der Waals surface area (Å²) in [5.74, 6) is 0.587. The van der Waals surface area contributed by atoms with Crippen molar-refractivity contribution in [3.8, 4) is 0 Å². The molecular formula is C17H19ClN4O2. The van der Waals surface area contributed by atoms with Crippen molar-refractivity contribution in [2.75, 3.05) is 6.54 Å². The number of carbonyl (C=O) groups is 2. The number of nitrogens with zero attached hydrogens (tertiary/aromatic N) is 4. The molecule has 0 unspecified atom stereocenters. The summed E-state index contributed by atoms with van der Waals surface area (Å²) >= 11 is 6.16. The molecule has 126 valence electrons. The van der Waals surface area contributed by atoms with Crippen LogP contribution in [-0.4, -0.2) is 43.8 Å². The van der Waals surface area contributed by atoms with E-state index < -0.39 is 6.04 Å². The number of benzene rings is 1. The lowest BCUT2D eigenvalue weighted by molar-refractivity contribution is -0.156. The Hall–Kier alpha value is -2.34. The van der Waals surface area contributed by atoms with Crippen LogP contribution >= 0.6 is 11.6 Å². The normalized spacial score (nSPS) is 18.4. The van der Waals surface area contributed by atoms with Crippen molar-refractivity contribution in [2.45, 2.75) is 26.1 Å². The maximum Gasteiger partial charge on any atom is 0.245 e. The third kappa shape index (κ3) is 3.14. The lowest BCUT2D eigenvalue weighted by Crippen LogP contribution is -2.58. The number of aromatic nitrogens is 2. The Kier molecular flexibility index (Phi) is 4.57. The number of piperazine rings is 1. The van der Waals surface area contributed by atoms with Gasteiger partial charge < -0.3 is 14.4 Å². The lowest BCUT2D eigenvalue weighted by atomic mass is 10.1. The third-order valence-corrected chi connectivity index (χ3v) is 4.70. The maximum atomic E-state index is 12.7. The van der Waals surface area contributed by atoms with E-state index in [1.54, 1.807) is 29.0 Å². The lowest BCUT2D eigenvalue weighted by Gasteiger charge is -2.38. The average Bonchev–Trinajstić information content (AvgIpc) is 2.96. The molecule has 1 aromatic heterocycles. The molecule has 0 aliphatic carbocycles. The van der Waals surface area contributed by atoms with Gasteiger partial charge in [0.25, 0.3) is 0 Å². The van der Waals surface area contributed by atoms with E-state index in [0.29, 0.717) is 18.1 Å². The van der Waals surface area contributed by atoms with E-state index in [1.807, 2.05) is 36.0 Å². The highest BCUT2D eigenvalue weighted by Crippen LogP contribution is 2.21. The summed E-state index contributed by atoms with van der Waals surface area (Å²) in [6.07, 6.45) is 3.50. The molecule has 1 saturated heterocycles. The molecule has 1 aromatic carbocycles. The van der Waals surface area contributed by atoms with Crippen molar-refractivity contribution in [1.29, 1.82) is 0 Å². The Bertz CT molecular complexity index is 773. The first-order chi connectivity index (χ1) is 11.5. The van der Waals surface area contributed by atoms with Gasteiger partial charge in [-0.1, -0.05) is 29.8 Å². The highest BCUT2D eigenvalue weighted by molar-refractivity contribution is 6.31. The standard InChI is InChI=1S/C17H19ClN4O2/c1-12-17(24)21(9-13-5-3-4-6-14(13)18)11-16(23)22(12)10-15-19-7-8-20(15)2/h3-8,12H,9-11H2,1-2H3/t12-/m0/s1. The molecule has 2 aromatic rings. The molecule has 2 heterocycles. The molecule has 0 radical (unpaired) electrons. The molecule has 0 saturated carbocycles. The fourth-order valence-electron chi connectivity index (χ4n) is 2.84. The van der Waals surface area contributed by atoms with Crippen LogP contribution in [0.2, 0.25) is 5.02 Å². The second-order valence-corrected chi connectivity index (χ2v) is 6.34. The molecule has 0 N–H and O–H groups in total. The monoisotopic (exact) mass is 346 g/mol. The predicted octanol–water partition coefficient (Wildman–Crippen LogP) is 1.83. The van der Waals surface area contributed by atoms with Crippen molar-refractivity contribution < 1.29 is 9.59 Å². The molecule has 7 heteroatoms. The summed E-state index contributed by atoms with van der Waals surface area (Å²) in [5.41, 5.74) is 0.838. The minimum Gasteiger partial charge on any atom is -0.337 e. The minimum absolute atomic E-state index is 0.0544. The van der Waals surface area contributed by atoms with Gasteiger partial charge in [0.1, 0.15) is 18.4 Å². The molecule has 3 rings (SSSR count). The van der Waals surface area contributed by atoms with Crippen LogP contribution in [0.3, 0.4) is 0 Å². The Morgan fingerprint density at radius 1 is 1.25 bits per heavy atom. The summed E-state index contributed by atoms with van der Waals surface area (Å²) < 4.78 is 1.85. The zero-order valence-electron chi connectivity index (χ0n) is 13.6. The first-order valence-electron chi connectivity index (χ1n) is 7.75. The van der Waals surface area contributed by atoms with Crippen molar-refractivity contribution in [3.63, 3.8) is 0 Å². The number of halogens is 1. The van der Waals surface area contributed by atoms with E-state index in [-0.39, 0.29) is 18.4 Å². The molecule has 24 heavy (non-hydrogen) atoms. The summed E-state index contributed by atoms with van der Waals surface area (Å²) in [6.45, 7) is 2.47. The van der Waals surface area contributed by atoms with Crippen LogP contribution < -0.4 is 0 Å². The molecular weight excluding hydrogens is 328 g/mol. The van der Waals surface area contributed by atoms with Crippen LogP contribution in [0.1, 0.15) is 18.3 Å². The van der Waals surface area contributed by atoms with Crippen LogP contribution in [0.5, 0.6) is 0 Å². The molecule has 1 aliphatic rings. The zero-order valence-corrected chi connectivity index (χ0v) is 14.4. The van der Waals surface area contributed by atoms with Crippen LogP contribution in [0.25, 0.3) is 0 Å². The highest BCUT2D eigenvalue weighted by atomic mass is 35.5. The zero-order chi connectivity index (χ0) is 17.3. The van der Waals surface area contributed by atoms with E-state index in [2.05, 4.69) is 4.98 Å². The number of rotatable bonds is 4. The van der Waals surface area contributed by atoms with E-state index in [9.17, 15) is 9.59 Å². The topological polar surface area (TPSA) is 58.4 Å². The van der Waals surface area contributed by atoms with E-state index in [0.717, 1.165) is 11.4 Å². The van der Waals surface area contributed by atoms with Gasteiger partial charge in [-0.25, -0.2) is 4.98 Å². The van der Waals surface area contributed by atoms with Crippen molar-refractivity contribution in [2.24, 2.45) is 7.05 Å². The Morgan fingerprint density at radius 3 is 2.67 bits per heavy atom. The average molecular weight is 347 g/mol. The Balaban J connectivity index is 1.75. The molecule has 0 spiro atoms. The number of hydrogen-bond acceptors (Lipinski definition) is 3. The van der Waals surface area contributed by atoms with Gasteiger partial charge in [0, 0.05) is 31.0 Å². The second-order valence-electron chi connectivity index (χ2n) is 5.94. The summed E-state index contributed by atoms with van der Waals surface area (Å²) in [6, 6.07) is 6.83. The molecule has 1 fully saturated rings. The first-order valence-corrected chi connectivity index (χ1v) is 8.13. The van der Waals surface area contributed by atoms with Crippen molar-refractivity contribution in [1.82, 2.24) is 19.4 Å². The fraction of sp³-hybridized carbons (Fsp3) is 0.353. The van der Waals surface area contributed by atoms with Gasteiger partial charge in [0.15, 0.2) is 0 Å². The number of imidazole rings is 1. The molecule has 1 aliphatic heterocycles. The van der Waals surface area contributed by atoms with Gasteiger partial charge in [-0.2, -0.15) is 0 Å². The largest absolute Gasteiger partial charge is 0.337 e. The van der Waals surface area contributed by atoms with Gasteiger partial charge in [0.05, 0.1) is 6.54 Å². The fourth-order valence-corrected chi connectivity index (χ4v) is 3.03. The van der Waals surface area contributed by atoms with E-state index in [1.165, 1.54) is 0 Å². The van der Waals surface area contributed by atoms with Gasteiger partial charge in [-0.3, -0.25) is 9.59 Å². The Labute approximate surface area is 145 Å². The first kappa shape index (κ1) is 16.5. The molecule has 0 bridgehead atoms. The SMILES string of the molecule is C[C@H]1C(=O)N(Cc2ccccc2Cl)CC(=O)N1Cc1nccn1C. The van der Waals surface area contributed by atoms with Crippen LogP contribution in [-0.2, 0) is 29.7 Å². The second kappa shape index (κ2) is 6.65. The van der Waals surface area contributed by atoms with Gasteiger partial charge in [0.2, 0.25) is 11.8 Å². The van der Waals surface area contributed by atoms with E-state index >= 15 is 0 Å². The van der Waals surface area contributed by atoms with Gasteiger partial charge in [-0.05, 0) is 18.6 Å². The number of hydrogen-bond donors (Lipinski definition) is 0. The molecule has 1 atom stereocenters. The van der Waals surface area contributed by atoms with Crippen molar-refractivity contribution >= 4 is 23.4 Å². The third-order valence-electron chi connectivity index (χ3n) is 4.33. The number of carbonyl (C=O) groups excluding carboxylic acids is 2. The highest BCUT2D eigenvalue weighted by Gasteiger charge is 2.37. The minimum atomic E-state index is -0.523. The molecule has 2 amide bonds. The smallest absolute Gasteiger partial charge is 0.245 e. The van der Waals surface area contributed by atoms with Crippen LogP contribution in [0, 0.1) is 0 Å².